The van der Waals surface area contributed by atoms with Gasteiger partial charge in [-0.1, -0.05) is 48.6 Å². The van der Waals surface area contributed by atoms with Gasteiger partial charge in [-0.25, -0.2) is 4.39 Å². The Kier molecular flexibility index (Phi) is 8.84. The van der Waals surface area contributed by atoms with Crippen molar-refractivity contribution in [2.75, 3.05) is 18.5 Å². The van der Waals surface area contributed by atoms with Crippen molar-refractivity contribution in [2.45, 2.75) is 19.4 Å². The molecule has 0 saturated carbocycles. The lowest BCUT2D eigenvalue weighted by molar-refractivity contribution is -0.119. The summed E-state index contributed by atoms with van der Waals surface area (Å²) in [6.07, 6.45) is 8.88. The summed E-state index contributed by atoms with van der Waals surface area (Å²) in [7, 11) is 0. The first kappa shape index (κ1) is 25.9. The number of carbonyl (C=O) groups is 2. The molecule has 0 heterocycles. The van der Waals surface area contributed by atoms with Crippen molar-refractivity contribution in [1.29, 1.82) is 0 Å². The fraction of sp³-hybridized carbons (Fsp3) is 0.200. The number of aryl methyl sites for hydroxylation is 1. The molecule has 37 heavy (non-hydrogen) atoms. The molecule has 2 unspecified atom stereocenters. The second-order valence-corrected chi connectivity index (χ2v) is 8.77. The quantitative estimate of drug-likeness (QED) is 0.368. The molecule has 0 bridgehead atoms. The molecule has 3 aromatic rings. The van der Waals surface area contributed by atoms with Crippen LogP contribution in [0.3, 0.4) is 0 Å². The monoisotopic (exact) mass is 500 g/mol. The maximum atomic E-state index is 14.0. The zero-order valence-electron chi connectivity index (χ0n) is 20.5. The van der Waals surface area contributed by atoms with Crippen molar-refractivity contribution in [3.63, 3.8) is 0 Å². The Labute approximate surface area is 215 Å². The Hall–Kier alpha value is -4.23. The van der Waals surface area contributed by atoms with Crippen molar-refractivity contribution >= 4 is 17.5 Å². The van der Waals surface area contributed by atoms with E-state index >= 15 is 0 Å². The number of amides is 2. The maximum absolute atomic E-state index is 14.0. The largest absolute Gasteiger partial charge is 0.457 e. The molecule has 0 saturated heterocycles. The number of hydrogen-bond donors (Lipinski definition) is 2. The van der Waals surface area contributed by atoms with E-state index < -0.39 is 23.7 Å². The molecule has 4 rings (SSSR count). The van der Waals surface area contributed by atoms with Gasteiger partial charge in [0, 0.05) is 17.2 Å². The molecule has 0 aliphatic heterocycles. The van der Waals surface area contributed by atoms with Gasteiger partial charge in [-0.3, -0.25) is 9.59 Å². The van der Waals surface area contributed by atoms with Crippen LogP contribution in [0.1, 0.15) is 22.3 Å². The van der Waals surface area contributed by atoms with Gasteiger partial charge in [0.1, 0.15) is 23.4 Å². The molecule has 6 nitrogen and oxygen atoms in total. The second kappa shape index (κ2) is 12.6. The van der Waals surface area contributed by atoms with Gasteiger partial charge in [-0.05, 0) is 67.4 Å². The number of para-hydroxylation sites is 1. The molecular formula is C30H29FN2O4. The smallest absolute Gasteiger partial charge is 0.252 e. The first-order chi connectivity index (χ1) is 18.0. The lowest BCUT2D eigenvalue weighted by atomic mass is 10.0. The number of anilines is 1. The average Bonchev–Trinajstić information content (AvgIpc) is 2.92. The molecule has 1 aliphatic rings. The Bertz CT molecular complexity index is 1270. The predicted molar refractivity (Wildman–Crippen MR) is 141 cm³/mol. The fourth-order valence-electron chi connectivity index (χ4n) is 3.71. The van der Waals surface area contributed by atoms with E-state index in [0.29, 0.717) is 29.4 Å². The van der Waals surface area contributed by atoms with E-state index in [2.05, 4.69) is 16.7 Å². The molecule has 0 aromatic heterocycles. The van der Waals surface area contributed by atoms with Crippen LogP contribution < -0.4 is 15.4 Å². The van der Waals surface area contributed by atoms with Crippen LogP contribution in [0, 0.1) is 18.7 Å². The molecule has 190 valence electrons. The molecule has 0 fully saturated rings. The standard InChI is InChI=1S/C30H29FN2O4/c1-21-12-13-23(18-27(21)31)29(34)33-28(20-36-19-22-8-4-2-5-9-22)30(35)32-24-14-16-26(17-15-24)37-25-10-6-3-7-11-25/h2-8,10-18,22,28H,9,19-20H2,1H3,(H,32,35)(H,33,34). The Morgan fingerprint density at radius 3 is 2.46 bits per heavy atom. The summed E-state index contributed by atoms with van der Waals surface area (Å²) in [4.78, 5) is 25.9. The second-order valence-electron chi connectivity index (χ2n) is 8.77. The summed E-state index contributed by atoms with van der Waals surface area (Å²) >= 11 is 0. The molecule has 1 aliphatic carbocycles. The summed E-state index contributed by atoms with van der Waals surface area (Å²) in [6.45, 7) is 1.99. The summed E-state index contributed by atoms with van der Waals surface area (Å²) in [5, 5.41) is 5.49. The molecule has 0 spiro atoms. The average molecular weight is 501 g/mol. The Morgan fingerprint density at radius 2 is 1.76 bits per heavy atom. The number of nitrogens with one attached hydrogen (secondary N) is 2. The van der Waals surface area contributed by atoms with Crippen LogP contribution in [0.25, 0.3) is 0 Å². The zero-order chi connectivity index (χ0) is 26.0. The highest BCUT2D eigenvalue weighted by molar-refractivity contribution is 6.01. The molecule has 3 aromatic carbocycles. The Morgan fingerprint density at radius 1 is 1.00 bits per heavy atom. The van der Waals surface area contributed by atoms with Crippen molar-refractivity contribution in [3.8, 4) is 11.5 Å². The highest BCUT2D eigenvalue weighted by Gasteiger charge is 2.23. The zero-order valence-corrected chi connectivity index (χ0v) is 20.5. The third-order valence-electron chi connectivity index (χ3n) is 5.84. The van der Waals surface area contributed by atoms with Crippen LogP contribution in [0.5, 0.6) is 11.5 Å². The number of rotatable bonds is 10. The van der Waals surface area contributed by atoms with Crippen molar-refractivity contribution in [2.24, 2.45) is 5.92 Å². The van der Waals surface area contributed by atoms with Crippen LogP contribution in [0.2, 0.25) is 0 Å². The minimum absolute atomic E-state index is 0.0326. The normalized spacial score (nSPS) is 15.1. The van der Waals surface area contributed by atoms with Crippen molar-refractivity contribution in [1.82, 2.24) is 5.32 Å². The van der Waals surface area contributed by atoms with Crippen LogP contribution in [0.15, 0.2) is 97.1 Å². The van der Waals surface area contributed by atoms with Gasteiger partial charge < -0.3 is 20.1 Å². The van der Waals surface area contributed by atoms with E-state index in [4.69, 9.17) is 9.47 Å². The highest BCUT2D eigenvalue weighted by Crippen LogP contribution is 2.23. The maximum Gasteiger partial charge on any atom is 0.252 e. The summed E-state index contributed by atoms with van der Waals surface area (Å²) in [5.74, 6) is 0.0301. The van der Waals surface area contributed by atoms with E-state index in [0.717, 1.165) is 12.5 Å². The topological polar surface area (TPSA) is 76.7 Å². The number of ether oxygens (including phenoxy) is 2. The fourth-order valence-corrected chi connectivity index (χ4v) is 3.71. The third kappa shape index (κ3) is 7.62. The van der Waals surface area contributed by atoms with Gasteiger partial charge in [0.05, 0.1) is 13.2 Å². The first-order valence-corrected chi connectivity index (χ1v) is 12.1. The van der Waals surface area contributed by atoms with Crippen LogP contribution in [0.4, 0.5) is 10.1 Å². The van der Waals surface area contributed by atoms with Gasteiger partial charge in [0.25, 0.3) is 5.91 Å². The van der Waals surface area contributed by atoms with Crippen molar-refractivity contribution in [3.05, 3.63) is 114 Å². The molecular weight excluding hydrogens is 471 g/mol. The lowest BCUT2D eigenvalue weighted by Crippen LogP contribution is -2.47. The number of benzene rings is 3. The molecule has 2 N–H and O–H groups in total. The van der Waals surface area contributed by atoms with E-state index in [-0.39, 0.29) is 18.1 Å². The first-order valence-electron chi connectivity index (χ1n) is 12.1. The van der Waals surface area contributed by atoms with E-state index in [1.165, 1.54) is 12.1 Å². The van der Waals surface area contributed by atoms with Gasteiger partial charge in [0.15, 0.2) is 0 Å². The number of hydrogen-bond acceptors (Lipinski definition) is 4. The SMILES string of the molecule is Cc1ccc(C(=O)NC(COCC2C=CC=CC2)C(=O)Nc2ccc(Oc3ccccc3)cc2)cc1F. The lowest BCUT2D eigenvalue weighted by Gasteiger charge is -2.20. The molecule has 2 amide bonds. The minimum atomic E-state index is -0.986. The summed E-state index contributed by atoms with van der Waals surface area (Å²) < 4.78 is 25.6. The van der Waals surface area contributed by atoms with E-state index in [1.54, 1.807) is 31.2 Å². The van der Waals surface area contributed by atoms with Gasteiger partial charge in [-0.2, -0.15) is 0 Å². The number of carbonyl (C=O) groups excluding carboxylic acids is 2. The highest BCUT2D eigenvalue weighted by atomic mass is 19.1. The summed E-state index contributed by atoms with van der Waals surface area (Å²) in [6, 6.07) is 19.5. The summed E-state index contributed by atoms with van der Waals surface area (Å²) in [5.41, 5.74) is 1.10. The Balaban J connectivity index is 1.40. The van der Waals surface area contributed by atoms with Crippen LogP contribution in [-0.4, -0.2) is 31.1 Å². The minimum Gasteiger partial charge on any atom is -0.457 e. The van der Waals surface area contributed by atoms with Gasteiger partial charge in [-0.15, -0.1) is 0 Å². The molecule has 0 radical (unpaired) electrons. The number of allylic oxidation sites excluding steroid dienone is 3. The predicted octanol–water partition coefficient (Wildman–Crippen LogP) is 5.81. The number of halogens is 1. The van der Waals surface area contributed by atoms with E-state index in [1.807, 2.05) is 48.6 Å². The molecule has 2 atom stereocenters. The van der Waals surface area contributed by atoms with E-state index in [9.17, 15) is 14.0 Å². The van der Waals surface area contributed by atoms with Crippen LogP contribution >= 0.6 is 0 Å². The third-order valence-corrected chi connectivity index (χ3v) is 5.84. The molecule has 7 heteroatoms. The van der Waals surface area contributed by atoms with Crippen molar-refractivity contribution < 1.29 is 23.5 Å². The van der Waals surface area contributed by atoms with Crippen LogP contribution in [-0.2, 0) is 9.53 Å². The van der Waals surface area contributed by atoms with Gasteiger partial charge in [0.2, 0.25) is 5.91 Å². The van der Waals surface area contributed by atoms with Gasteiger partial charge >= 0.3 is 0 Å².